The van der Waals surface area contributed by atoms with Crippen LogP contribution >= 0.6 is 0 Å². The highest BCUT2D eigenvalue weighted by molar-refractivity contribution is 5.86. The summed E-state index contributed by atoms with van der Waals surface area (Å²) in [4.78, 5) is 63.1. The molecule has 17 nitrogen and oxygen atoms in total. The summed E-state index contributed by atoms with van der Waals surface area (Å²) >= 11 is 0. The van der Waals surface area contributed by atoms with E-state index in [-0.39, 0.29) is 0 Å². The zero-order valence-electron chi connectivity index (χ0n) is 53.0. The monoisotopic (exact) mass is 1210 g/mol. The van der Waals surface area contributed by atoms with E-state index in [9.17, 15) is 0 Å². The molecule has 0 fully saturated rings. The maximum Gasteiger partial charge on any atom is 0.156 e. The SMILES string of the molecule is Cc1c[nH]c2ccccc12.Cc1c[nH]c2cccnc12.Cc1c[nH]c2ccncc12.Cc1c[nH]c2cnccc12.Cc1c[nH]c2nccnc12.Cc1cccc2[nH]ccc12.Cc1ccnc2cccnc12.Cc1ccnc2cnccc12.Cc1nccc2[nH]ccc12. The number of aromatic amines is 7. The Kier molecular flexibility index (Phi) is 21.1. The van der Waals surface area contributed by atoms with Crippen LogP contribution < -0.4 is 0 Å². The van der Waals surface area contributed by atoms with Gasteiger partial charge in [0.25, 0.3) is 0 Å². The van der Waals surface area contributed by atoms with Crippen molar-refractivity contribution < 1.29 is 0 Å². The maximum atomic E-state index is 4.22. The molecule has 0 aliphatic rings. The highest BCUT2D eigenvalue weighted by Gasteiger charge is 2.02. The lowest BCUT2D eigenvalue weighted by Crippen LogP contribution is -1.83. The Labute approximate surface area is 532 Å². The van der Waals surface area contributed by atoms with Crippen LogP contribution in [0.5, 0.6) is 0 Å². The van der Waals surface area contributed by atoms with Crippen LogP contribution in [0.2, 0.25) is 0 Å². The third-order valence-corrected chi connectivity index (χ3v) is 15.3. The number of benzene rings is 2. The van der Waals surface area contributed by atoms with Gasteiger partial charge in [-0.15, -0.1) is 0 Å². The number of fused-ring (bicyclic) bond motifs is 9. The van der Waals surface area contributed by atoms with Gasteiger partial charge < -0.3 is 34.9 Å². The molecule has 18 rings (SSSR count). The fraction of sp³-hybridized carbons (Fsp3) is 0.120. The number of pyridine rings is 8. The fourth-order valence-electron chi connectivity index (χ4n) is 10.1. The number of rotatable bonds is 0. The van der Waals surface area contributed by atoms with Crippen molar-refractivity contribution in [2.45, 2.75) is 62.3 Å². The standard InChI is InChI=1S/2C9H8N2.2C9H9N.4C8H8N2.C7H7N3/c1-7-2-5-11-9-6-10-4-3-8(7)9;1-7-4-6-10-8-3-2-5-11-9(7)8;1-7-3-2-4-9-8(7)5-6-10-9;1-7-6-10-9-5-3-2-4-8(7)9;1-6-7-2-4-10-8(7)3-5-9-6;1-6-4-10-8-2-3-9-5-7(6)8;1-6-4-10-8-5-9-3-2-7(6)8;1-6-5-10-7-3-2-4-9-8(6)7;1-5-4-10-7-6(5)8-2-3-9-7/h2*2-6H,1H3;2*2-6,10H,1H3;4*2-5,10H,1H3;2-4H,1H3,(H,9,10). The van der Waals surface area contributed by atoms with Gasteiger partial charge in [0.05, 0.1) is 45.5 Å². The van der Waals surface area contributed by atoms with Crippen molar-refractivity contribution in [1.82, 2.24) is 84.7 Å². The fourth-order valence-corrected chi connectivity index (χ4v) is 10.1. The zero-order chi connectivity index (χ0) is 64.2. The molecule has 0 aliphatic carbocycles. The molecular weight excluding hydrogens is 1140 g/mol. The first-order valence-corrected chi connectivity index (χ1v) is 30.0. The van der Waals surface area contributed by atoms with Crippen molar-refractivity contribution in [3.05, 3.63) is 289 Å². The molecule has 92 heavy (non-hydrogen) atoms. The predicted octanol–water partition coefficient (Wildman–Crippen LogP) is 17.6. The number of nitrogens with one attached hydrogen (secondary N) is 7. The minimum atomic E-state index is 0.861. The molecule has 458 valence electrons. The van der Waals surface area contributed by atoms with Gasteiger partial charge in [-0.25, -0.2) is 4.98 Å². The Bertz CT molecular complexity index is 4690. The van der Waals surface area contributed by atoms with Crippen molar-refractivity contribution in [1.29, 1.82) is 0 Å². The van der Waals surface area contributed by atoms with E-state index in [1.807, 2.05) is 175 Å². The molecule has 0 spiro atoms. The molecule has 17 heteroatoms. The molecule has 16 aromatic heterocycles. The molecule has 0 saturated heterocycles. The van der Waals surface area contributed by atoms with Crippen molar-refractivity contribution in [3.8, 4) is 0 Å². The minimum Gasteiger partial charge on any atom is -0.361 e. The number of para-hydroxylation sites is 1. The topological polar surface area (TPSA) is 239 Å². The third kappa shape index (κ3) is 16.0. The number of aromatic nitrogens is 17. The van der Waals surface area contributed by atoms with Crippen LogP contribution in [-0.4, -0.2) is 84.7 Å². The second-order valence-corrected chi connectivity index (χ2v) is 21.8. The van der Waals surface area contributed by atoms with Gasteiger partial charge in [0.15, 0.2) is 5.65 Å². The summed E-state index contributed by atoms with van der Waals surface area (Å²) in [5.74, 6) is 0. The van der Waals surface area contributed by atoms with Crippen LogP contribution in [0.15, 0.2) is 239 Å². The van der Waals surface area contributed by atoms with Crippen molar-refractivity contribution in [3.63, 3.8) is 0 Å². The van der Waals surface area contributed by atoms with Gasteiger partial charge in [-0.3, -0.25) is 44.9 Å². The lowest BCUT2D eigenvalue weighted by molar-refractivity contribution is 1.24. The second kappa shape index (κ2) is 30.8. The van der Waals surface area contributed by atoms with Crippen molar-refractivity contribution in [2.75, 3.05) is 0 Å². The first-order valence-electron chi connectivity index (χ1n) is 30.0. The first-order chi connectivity index (χ1) is 44.9. The Hall–Kier alpha value is -12.0. The van der Waals surface area contributed by atoms with Crippen LogP contribution in [-0.2, 0) is 0 Å². The van der Waals surface area contributed by atoms with E-state index in [0.29, 0.717) is 0 Å². The lowest BCUT2D eigenvalue weighted by Gasteiger charge is -1.97. The summed E-state index contributed by atoms with van der Waals surface area (Å²) in [6, 6.07) is 38.5. The van der Waals surface area contributed by atoms with Gasteiger partial charge in [0.2, 0.25) is 0 Å². The van der Waals surface area contributed by atoms with E-state index in [2.05, 4.69) is 162 Å². The highest BCUT2D eigenvalue weighted by atomic mass is 14.9. The van der Waals surface area contributed by atoms with Gasteiger partial charge in [-0.1, -0.05) is 30.3 Å². The van der Waals surface area contributed by atoms with Crippen LogP contribution in [0.1, 0.15) is 50.2 Å². The lowest BCUT2D eigenvalue weighted by atomic mass is 10.1. The van der Waals surface area contributed by atoms with E-state index in [4.69, 9.17) is 0 Å². The molecule has 16 heterocycles. The average Bonchev–Trinajstić information content (AvgIpc) is 4.37. The smallest absolute Gasteiger partial charge is 0.156 e. The average molecular weight is 1210 g/mol. The van der Waals surface area contributed by atoms with Crippen LogP contribution in [0.25, 0.3) is 98.6 Å². The second-order valence-electron chi connectivity index (χ2n) is 21.8. The maximum absolute atomic E-state index is 4.22. The zero-order valence-corrected chi connectivity index (χ0v) is 53.0. The van der Waals surface area contributed by atoms with E-state index in [0.717, 1.165) is 66.6 Å². The molecular formula is C75H73N17. The Balaban J connectivity index is 0.000000113. The molecule has 0 saturated carbocycles. The highest BCUT2D eigenvalue weighted by Crippen LogP contribution is 2.20. The normalized spacial score (nSPS) is 10.4. The minimum absolute atomic E-state index is 0.861. The van der Waals surface area contributed by atoms with Gasteiger partial charge in [-0.2, -0.15) is 0 Å². The molecule has 0 aliphatic heterocycles. The molecule has 0 radical (unpaired) electrons. The van der Waals surface area contributed by atoms with Gasteiger partial charge in [0, 0.05) is 172 Å². The van der Waals surface area contributed by atoms with E-state index in [1.165, 1.54) is 82.3 Å². The van der Waals surface area contributed by atoms with E-state index >= 15 is 0 Å². The quantitative estimate of drug-likeness (QED) is 0.0758. The predicted molar refractivity (Wildman–Crippen MR) is 377 cm³/mol. The van der Waals surface area contributed by atoms with Crippen molar-refractivity contribution in [2.24, 2.45) is 0 Å². The summed E-state index contributed by atoms with van der Waals surface area (Å²) in [5.41, 5.74) is 23.8. The number of hydrogen-bond acceptors (Lipinski definition) is 10. The summed E-state index contributed by atoms with van der Waals surface area (Å²) in [6.45, 7) is 18.6. The molecule has 18 aromatic rings. The summed E-state index contributed by atoms with van der Waals surface area (Å²) < 4.78 is 0. The number of aryl methyl sites for hydroxylation is 9. The third-order valence-electron chi connectivity index (χ3n) is 15.3. The summed E-state index contributed by atoms with van der Waals surface area (Å²) in [5, 5.41) is 7.51. The number of H-pyrrole nitrogens is 7. The molecule has 2 aromatic carbocycles. The molecule has 7 N–H and O–H groups in total. The molecule has 0 atom stereocenters. The molecule has 0 amide bonds. The van der Waals surface area contributed by atoms with Crippen molar-refractivity contribution >= 4 is 98.6 Å². The number of hydrogen-bond donors (Lipinski definition) is 7. The van der Waals surface area contributed by atoms with Gasteiger partial charge >= 0.3 is 0 Å². The van der Waals surface area contributed by atoms with Gasteiger partial charge in [-0.05, 0) is 192 Å². The van der Waals surface area contributed by atoms with E-state index < -0.39 is 0 Å². The van der Waals surface area contributed by atoms with Crippen LogP contribution in [0, 0.1) is 62.3 Å². The summed E-state index contributed by atoms with van der Waals surface area (Å²) in [6.07, 6.45) is 37.1. The van der Waals surface area contributed by atoms with Crippen LogP contribution in [0.4, 0.5) is 0 Å². The Morgan fingerprint density at radius 3 is 1.45 bits per heavy atom. The Morgan fingerprint density at radius 2 is 0.739 bits per heavy atom. The van der Waals surface area contributed by atoms with Crippen LogP contribution in [0.3, 0.4) is 0 Å². The first kappa shape index (κ1) is 63.1. The van der Waals surface area contributed by atoms with E-state index in [1.54, 1.807) is 49.6 Å². The number of nitrogens with zero attached hydrogens (tertiary/aromatic N) is 10. The Morgan fingerprint density at radius 1 is 0.239 bits per heavy atom. The molecule has 0 bridgehead atoms. The summed E-state index contributed by atoms with van der Waals surface area (Å²) in [7, 11) is 0. The van der Waals surface area contributed by atoms with Gasteiger partial charge in [0.1, 0.15) is 5.52 Å². The largest absolute Gasteiger partial charge is 0.361 e. The molecule has 0 unspecified atom stereocenters.